The van der Waals surface area contributed by atoms with Gasteiger partial charge in [-0.25, -0.2) is 8.42 Å². The van der Waals surface area contributed by atoms with Crippen molar-refractivity contribution in [2.75, 3.05) is 17.1 Å². The van der Waals surface area contributed by atoms with Crippen molar-refractivity contribution in [3.05, 3.63) is 64.1 Å². The third kappa shape index (κ3) is 7.56. The van der Waals surface area contributed by atoms with Crippen molar-refractivity contribution in [3.8, 4) is 0 Å². The van der Waals surface area contributed by atoms with Crippen molar-refractivity contribution in [2.24, 2.45) is 0 Å². The van der Waals surface area contributed by atoms with Gasteiger partial charge in [0.1, 0.15) is 12.6 Å². The number of nitrogens with one attached hydrogen (secondary N) is 1. The van der Waals surface area contributed by atoms with Gasteiger partial charge in [0.2, 0.25) is 21.8 Å². The number of benzene rings is 2. The first-order valence-corrected chi connectivity index (χ1v) is 14.0. The van der Waals surface area contributed by atoms with E-state index in [9.17, 15) is 18.0 Å². The van der Waals surface area contributed by atoms with E-state index in [1.54, 1.807) is 24.3 Å². The quantitative estimate of drug-likeness (QED) is 0.452. The molecule has 2 amide bonds. The number of hydrogen-bond acceptors (Lipinski definition) is 4. The van der Waals surface area contributed by atoms with Crippen LogP contribution in [0.4, 0.5) is 5.69 Å². The number of carbonyl (C=O) groups is 2. The van der Waals surface area contributed by atoms with Crippen LogP contribution in [-0.4, -0.2) is 50.0 Å². The van der Waals surface area contributed by atoms with Crippen molar-refractivity contribution >= 4 is 43.5 Å². The molecule has 9 heteroatoms. The van der Waals surface area contributed by atoms with E-state index in [1.165, 1.54) is 4.90 Å². The zero-order valence-electron chi connectivity index (χ0n) is 20.4. The van der Waals surface area contributed by atoms with Crippen molar-refractivity contribution < 1.29 is 18.0 Å². The maximum absolute atomic E-state index is 13.7. The lowest BCUT2D eigenvalue weighted by atomic mass is 10.1. The molecule has 0 fully saturated rings. The van der Waals surface area contributed by atoms with E-state index in [2.05, 4.69) is 21.2 Å². The lowest BCUT2D eigenvalue weighted by Crippen LogP contribution is -2.53. The van der Waals surface area contributed by atoms with Crippen LogP contribution in [0.15, 0.2) is 53.0 Å². The van der Waals surface area contributed by atoms with E-state index in [0.29, 0.717) is 16.6 Å². The summed E-state index contributed by atoms with van der Waals surface area (Å²) < 4.78 is 26.9. The minimum Gasteiger partial charge on any atom is -0.352 e. The summed E-state index contributed by atoms with van der Waals surface area (Å²) >= 11 is 3.38. The Labute approximate surface area is 211 Å². The molecule has 0 unspecified atom stereocenters. The topological polar surface area (TPSA) is 86.8 Å². The highest BCUT2D eigenvalue weighted by Crippen LogP contribution is 2.28. The minimum absolute atomic E-state index is 0.0368. The predicted molar refractivity (Wildman–Crippen MR) is 140 cm³/mol. The molecule has 0 spiro atoms. The van der Waals surface area contributed by atoms with Gasteiger partial charge in [-0.05, 0) is 60.3 Å². The molecule has 0 aliphatic carbocycles. The second-order valence-electron chi connectivity index (χ2n) is 8.47. The van der Waals surface area contributed by atoms with E-state index in [-0.39, 0.29) is 18.5 Å². The van der Waals surface area contributed by atoms with E-state index in [0.717, 1.165) is 28.1 Å². The van der Waals surface area contributed by atoms with Gasteiger partial charge in [-0.15, -0.1) is 0 Å². The Bertz CT molecular complexity index is 1110. The molecule has 0 aromatic heterocycles. The zero-order chi connectivity index (χ0) is 25.5. The van der Waals surface area contributed by atoms with Crippen LogP contribution >= 0.6 is 15.9 Å². The fourth-order valence-corrected chi connectivity index (χ4v) is 5.09. The molecule has 0 bridgehead atoms. The summed E-state index contributed by atoms with van der Waals surface area (Å²) in [5, 5.41) is 2.97. The molecule has 0 saturated carbocycles. The summed E-state index contributed by atoms with van der Waals surface area (Å²) in [6, 6.07) is 13.8. The second kappa shape index (κ2) is 12.4. The molecule has 186 valence electrons. The van der Waals surface area contributed by atoms with E-state index in [1.807, 2.05) is 52.0 Å². The Kier molecular flexibility index (Phi) is 10.1. The van der Waals surface area contributed by atoms with Crippen molar-refractivity contribution in [3.63, 3.8) is 0 Å². The van der Waals surface area contributed by atoms with Crippen molar-refractivity contribution in [2.45, 2.75) is 59.2 Å². The van der Waals surface area contributed by atoms with Crippen LogP contribution in [0.25, 0.3) is 0 Å². The molecule has 7 nitrogen and oxygen atoms in total. The molecule has 1 N–H and O–H groups in total. The fraction of sp³-hybridized carbons (Fsp3) is 0.440. The molecule has 2 rings (SSSR count). The van der Waals surface area contributed by atoms with Crippen LogP contribution in [0.2, 0.25) is 0 Å². The smallest absolute Gasteiger partial charge is 0.244 e. The Morgan fingerprint density at radius 3 is 2.29 bits per heavy atom. The second-order valence-corrected chi connectivity index (χ2v) is 11.2. The number of sulfonamides is 1. The van der Waals surface area contributed by atoms with Gasteiger partial charge in [-0.3, -0.25) is 13.9 Å². The first kappa shape index (κ1) is 27.9. The molecule has 0 radical (unpaired) electrons. The Hall–Kier alpha value is -2.39. The van der Waals surface area contributed by atoms with E-state index >= 15 is 0 Å². The van der Waals surface area contributed by atoms with Crippen molar-refractivity contribution in [1.82, 2.24) is 10.2 Å². The minimum atomic E-state index is -3.77. The van der Waals surface area contributed by atoms with Gasteiger partial charge in [-0.1, -0.05) is 55.8 Å². The maximum Gasteiger partial charge on any atom is 0.244 e. The maximum atomic E-state index is 13.7. The monoisotopic (exact) mass is 551 g/mol. The lowest BCUT2D eigenvalue weighted by Gasteiger charge is -2.33. The molecule has 34 heavy (non-hydrogen) atoms. The van der Waals surface area contributed by atoms with Crippen LogP contribution in [0.3, 0.4) is 0 Å². The molecule has 0 heterocycles. The van der Waals surface area contributed by atoms with Crippen LogP contribution in [-0.2, 0) is 26.2 Å². The first-order chi connectivity index (χ1) is 16.0. The molecule has 0 saturated heterocycles. The number of nitrogens with zero attached hydrogens (tertiary/aromatic N) is 2. The molecule has 2 atom stereocenters. The van der Waals surface area contributed by atoms with Gasteiger partial charge >= 0.3 is 0 Å². The van der Waals surface area contributed by atoms with Gasteiger partial charge in [0.15, 0.2) is 0 Å². The first-order valence-electron chi connectivity index (χ1n) is 11.4. The number of carbonyl (C=O) groups excluding carboxylic acids is 2. The lowest BCUT2D eigenvalue weighted by molar-refractivity contribution is -0.140. The SMILES string of the molecule is CC[C@H](C)NC(=O)[C@H](CC)N(Cc1cccc(C)c1)C(=O)CN(c1ccccc1Br)S(C)(=O)=O. The fourth-order valence-electron chi connectivity index (χ4n) is 3.62. The summed E-state index contributed by atoms with van der Waals surface area (Å²) in [5.41, 5.74) is 2.27. The van der Waals surface area contributed by atoms with E-state index in [4.69, 9.17) is 0 Å². The Morgan fingerprint density at radius 1 is 1.06 bits per heavy atom. The van der Waals surface area contributed by atoms with E-state index < -0.39 is 28.5 Å². The van der Waals surface area contributed by atoms with Gasteiger partial charge in [0.25, 0.3) is 0 Å². The van der Waals surface area contributed by atoms with Crippen LogP contribution in [0, 0.1) is 6.92 Å². The standard InChI is InChI=1S/C25H34BrN3O4S/c1-6-19(4)27-25(31)22(7-2)28(16-20-12-10-11-18(3)15-20)24(30)17-29(34(5,32)33)23-14-9-8-13-21(23)26/h8-15,19,22H,6-7,16-17H2,1-5H3,(H,27,31)/t19-,22-/m0/s1. The van der Waals surface area contributed by atoms with Gasteiger partial charge in [-0.2, -0.15) is 0 Å². The highest BCUT2D eigenvalue weighted by Gasteiger charge is 2.32. The third-order valence-electron chi connectivity index (χ3n) is 5.62. The highest BCUT2D eigenvalue weighted by atomic mass is 79.9. The van der Waals surface area contributed by atoms with Crippen molar-refractivity contribution in [1.29, 1.82) is 0 Å². The third-order valence-corrected chi connectivity index (χ3v) is 7.42. The predicted octanol–water partition coefficient (Wildman–Crippen LogP) is 4.25. The molecule has 2 aromatic carbocycles. The zero-order valence-corrected chi connectivity index (χ0v) is 22.8. The van der Waals surface area contributed by atoms with Gasteiger partial charge in [0, 0.05) is 17.1 Å². The summed E-state index contributed by atoms with van der Waals surface area (Å²) in [5.74, 6) is -0.696. The normalized spacial score (nSPS) is 13.1. The average molecular weight is 553 g/mol. The molecule has 0 aliphatic heterocycles. The number of anilines is 1. The molecular weight excluding hydrogens is 518 g/mol. The molecule has 2 aromatic rings. The van der Waals surface area contributed by atoms with Gasteiger partial charge < -0.3 is 10.2 Å². The van der Waals surface area contributed by atoms with Crippen LogP contribution in [0.5, 0.6) is 0 Å². The Balaban J connectivity index is 2.45. The molecule has 0 aliphatic rings. The number of halogens is 1. The number of aryl methyl sites for hydroxylation is 1. The number of para-hydroxylation sites is 1. The van der Waals surface area contributed by atoms with Crippen LogP contribution in [0.1, 0.15) is 44.7 Å². The van der Waals surface area contributed by atoms with Gasteiger partial charge in [0.05, 0.1) is 11.9 Å². The summed E-state index contributed by atoms with van der Waals surface area (Å²) in [4.78, 5) is 28.3. The average Bonchev–Trinajstić information content (AvgIpc) is 2.77. The summed E-state index contributed by atoms with van der Waals surface area (Å²) in [7, 11) is -3.77. The largest absolute Gasteiger partial charge is 0.352 e. The molecular formula is C25H34BrN3O4S. The number of amides is 2. The van der Waals surface area contributed by atoms with Crippen LogP contribution < -0.4 is 9.62 Å². The number of rotatable bonds is 11. The number of hydrogen-bond donors (Lipinski definition) is 1. The summed E-state index contributed by atoms with van der Waals surface area (Å²) in [6.45, 7) is 7.47. The highest BCUT2D eigenvalue weighted by molar-refractivity contribution is 9.10. The Morgan fingerprint density at radius 2 is 1.74 bits per heavy atom. The summed E-state index contributed by atoms with van der Waals surface area (Å²) in [6.07, 6.45) is 2.23.